The van der Waals surface area contributed by atoms with Crippen LogP contribution in [0.2, 0.25) is 5.02 Å². The minimum absolute atomic E-state index is 0.0432. The molecule has 0 amide bonds. The number of hydrogen-bond donors (Lipinski definition) is 1. The number of benzene rings is 3. The Morgan fingerprint density at radius 1 is 0.935 bits per heavy atom. The predicted octanol–water partition coefficient (Wildman–Crippen LogP) is 4.94. The van der Waals surface area contributed by atoms with Crippen molar-refractivity contribution in [2.24, 2.45) is 5.16 Å². The van der Waals surface area contributed by atoms with Gasteiger partial charge >= 0.3 is 0 Å². The second-order valence-corrected chi connectivity index (χ2v) is 8.44. The van der Waals surface area contributed by atoms with E-state index in [0.717, 1.165) is 29.8 Å². The van der Waals surface area contributed by atoms with E-state index in [-0.39, 0.29) is 6.10 Å². The highest BCUT2D eigenvalue weighted by Crippen LogP contribution is 2.20. The lowest BCUT2D eigenvalue weighted by Crippen LogP contribution is -2.38. The van der Waals surface area contributed by atoms with E-state index in [2.05, 4.69) is 34.3 Å². The molecule has 160 valence electrons. The zero-order chi connectivity index (χ0) is 21.5. The van der Waals surface area contributed by atoms with Gasteiger partial charge in [-0.25, -0.2) is 0 Å². The zero-order valence-electron chi connectivity index (χ0n) is 17.4. The molecule has 4 nitrogen and oxygen atoms in total. The van der Waals surface area contributed by atoms with Gasteiger partial charge in [0.1, 0.15) is 6.10 Å². The molecule has 0 unspecified atom stereocenters. The SMILES string of the molecule is O[C@H](Cc1ccccc1)CN(Cc1ccccc1)C[C@H]1CC(c2ccc(Cl)cc2)=NO1. The molecule has 1 N–H and O–H groups in total. The average Bonchev–Trinajstić information content (AvgIpc) is 3.24. The Morgan fingerprint density at radius 2 is 1.58 bits per heavy atom. The van der Waals surface area contributed by atoms with Gasteiger partial charge in [0.05, 0.1) is 11.8 Å². The molecule has 0 radical (unpaired) electrons. The molecule has 3 aromatic rings. The first-order valence-corrected chi connectivity index (χ1v) is 11.0. The van der Waals surface area contributed by atoms with Gasteiger partial charge in [-0.1, -0.05) is 89.6 Å². The van der Waals surface area contributed by atoms with E-state index in [9.17, 15) is 5.11 Å². The maximum Gasteiger partial charge on any atom is 0.145 e. The van der Waals surface area contributed by atoms with Gasteiger partial charge in [-0.3, -0.25) is 4.90 Å². The topological polar surface area (TPSA) is 45.1 Å². The van der Waals surface area contributed by atoms with E-state index in [1.165, 1.54) is 5.56 Å². The third-order valence-corrected chi connectivity index (χ3v) is 5.66. The molecule has 0 spiro atoms. The minimum atomic E-state index is -0.454. The summed E-state index contributed by atoms with van der Waals surface area (Å²) in [4.78, 5) is 8.01. The second kappa shape index (κ2) is 10.6. The van der Waals surface area contributed by atoms with Crippen molar-refractivity contribution >= 4 is 17.3 Å². The van der Waals surface area contributed by atoms with Gasteiger partial charge in [-0.15, -0.1) is 0 Å². The number of hydrogen-bond acceptors (Lipinski definition) is 4. The van der Waals surface area contributed by atoms with Crippen LogP contribution in [0, 0.1) is 0 Å². The number of rotatable bonds is 9. The molecule has 1 aliphatic rings. The quantitative estimate of drug-likeness (QED) is 0.519. The summed E-state index contributed by atoms with van der Waals surface area (Å²) < 4.78 is 0. The van der Waals surface area contributed by atoms with Gasteiger partial charge in [-0.2, -0.15) is 0 Å². The number of aliphatic hydroxyl groups excluding tert-OH is 1. The van der Waals surface area contributed by atoms with Crippen molar-refractivity contribution in [1.29, 1.82) is 0 Å². The first-order chi connectivity index (χ1) is 15.2. The lowest BCUT2D eigenvalue weighted by molar-refractivity contribution is 0.0322. The van der Waals surface area contributed by atoms with Gasteiger partial charge in [-0.05, 0) is 35.2 Å². The van der Waals surface area contributed by atoms with Crippen molar-refractivity contribution in [2.75, 3.05) is 13.1 Å². The first-order valence-electron chi connectivity index (χ1n) is 10.6. The van der Waals surface area contributed by atoms with Crippen molar-refractivity contribution in [3.63, 3.8) is 0 Å². The summed E-state index contributed by atoms with van der Waals surface area (Å²) in [6.45, 7) is 2.02. The molecule has 3 aromatic carbocycles. The van der Waals surface area contributed by atoms with Gasteiger partial charge in [0.25, 0.3) is 0 Å². The molecule has 1 heterocycles. The van der Waals surface area contributed by atoms with E-state index >= 15 is 0 Å². The molecule has 0 saturated heterocycles. The van der Waals surface area contributed by atoms with E-state index < -0.39 is 6.10 Å². The highest BCUT2D eigenvalue weighted by Gasteiger charge is 2.25. The first kappa shape index (κ1) is 21.6. The normalized spacial score (nSPS) is 16.7. The maximum atomic E-state index is 10.8. The lowest BCUT2D eigenvalue weighted by Gasteiger charge is -2.27. The minimum Gasteiger partial charge on any atom is -0.391 e. The summed E-state index contributed by atoms with van der Waals surface area (Å²) >= 11 is 6.00. The highest BCUT2D eigenvalue weighted by molar-refractivity contribution is 6.30. The number of nitrogens with zero attached hydrogens (tertiary/aromatic N) is 2. The van der Waals surface area contributed by atoms with Crippen LogP contribution in [0.15, 0.2) is 90.1 Å². The van der Waals surface area contributed by atoms with Gasteiger partial charge in [0, 0.05) is 31.1 Å². The summed E-state index contributed by atoms with van der Waals surface area (Å²) in [5.74, 6) is 0. The predicted molar refractivity (Wildman–Crippen MR) is 125 cm³/mol. The van der Waals surface area contributed by atoms with Crippen LogP contribution in [-0.2, 0) is 17.8 Å². The van der Waals surface area contributed by atoms with Crippen LogP contribution >= 0.6 is 11.6 Å². The van der Waals surface area contributed by atoms with Crippen molar-refractivity contribution in [2.45, 2.75) is 31.6 Å². The fraction of sp³-hybridized carbons (Fsp3) is 0.269. The Morgan fingerprint density at radius 3 is 2.26 bits per heavy atom. The smallest absolute Gasteiger partial charge is 0.145 e. The lowest BCUT2D eigenvalue weighted by atomic mass is 10.0. The molecular formula is C26H27ClN2O2. The fourth-order valence-electron chi connectivity index (χ4n) is 3.92. The second-order valence-electron chi connectivity index (χ2n) is 8.00. The Labute approximate surface area is 188 Å². The van der Waals surface area contributed by atoms with Crippen molar-refractivity contribution in [3.8, 4) is 0 Å². The molecule has 0 fully saturated rings. The number of aliphatic hydroxyl groups is 1. The van der Waals surface area contributed by atoms with Crippen LogP contribution in [0.25, 0.3) is 0 Å². The average molecular weight is 435 g/mol. The summed E-state index contributed by atoms with van der Waals surface area (Å²) in [6, 6.07) is 28.1. The summed E-state index contributed by atoms with van der Waals surface area (Å²) in [7, 11) is 0. The summed E-state index contributed by atoms with van der Waals surface area (Å²) in [5.41, 5.74) is 4.32. The maximum absolute atomic E-state index is 10.8. The molecular weight excluding hydrogens is 408 g/mol. The molecule has 5 heteroatoms. The Hall–Kier alpha value is -2.66. The van der Waals surface area contributed by atoms with Crippen LogP contribution < -0.4 is 0 Å². The van der Waals surface area contributed by atoms with Crippen LogP contribution in [-0.4, -0.2) is 41.0 Å². The third-order valence-electron chi connectivity index (χ3n) is 5.40. The van der Waals surface area contributed by atoms with Crippen molar-refractivity contribution in [1.82, 2.24) is 4.90 Å². The summed E-state index contributed by atoms with van der Waals surface area (Å²) in [6.07, 6.45) is 0.869. The van der Waals surface area contributed by atoms with Gasteiger partial charge < -0.3 is 9.94 Å². The van der Waals surface area contributed by atoms with E-state index in [1.54, 1.807) is 0 Å². The largest absolute Gasteiger partial charge is 0.391 e. The van der Waals surface area contributed by atoms with Gasteiger partial charge in [0.15, 0.2) is 0 Å². The Bertz CT molecular complexity index is 977. The zero-order valence-corrected chi connectivity index (χ0v) is 18.2. The van der Waals surface area contributed by atoms with E-state index in [1.807, 2.05) is 60.7 Å². The molecule has 0 bridgehead atoms. The number of oxime groups is 1. The van der Waals surface area contributed by atoms with Crippen molar-refractivity contribution in [3.05, 3.63) is 107 Å². The van der Waals surface area contributed by atoms with Crippen LogP contribution in [0.3, 0.4) is 0 Å². The molecule has 0 saturated carbocycles. The van der Waals surface area contributed by atoms with Crippen LogP contribution in [0.4, 0.5) is 0 Å². The molecule has 0 aliphatic carbocycles. The standard InChI is InChI=1S/C26H27ClN2O2/c27-23-13-11-22(12-14-23)26-16-25(31-28-26)19-29(17-21-9-5-2-6-10-21)18-24(30)15-20-7-3-1-4-8-20/h1-14,24-25,30H,15-19H2/t24-,25-/m1/s1. The molecule has 0 aromatic heterocycles. The van der Waals surface area contributed by atoms with Crippen molar-refractivity contribution < 1.29 is 9.94 Å². The fourth-order valence-corrected chi connectivity index (χ4v) is 4.05. The number of halogens is 1. The molecule has 2 atom stereocenters. The Balaban J connectivity index is 1.39. The third kappa shape index (κ3) is 6.41. The van der Waals surface area contributed by atoms with Crippen LogP contribution in [0.1, 0.15) is 23.1 Å². The van der Waals surface area contributed by atoms with Gasteiger partial charge in [0.2, 0.25) is 0 Å². The summed E-state index contributed by atoms with van der Waals surface area (Å²) in [5, 5.41) is 15.8. The molecule has 4 rings (SSSR count). The highest BCUT2D eigenvalue weighted by atomic mass is 35.5. The van der Waals surface area contributed by atoms with E-state index in [4.69, 9.17) is 16.4 Å². The Kier molecular flexibility index (Phi) is 7.36. The monoisotopic (exact) mass is 434 g/mol. The van der Waals surface area contributed by atoms with Crippen LogP contribution in [0.5, 0.6) is 0 Å². The molecule has 1 aliphatic heterocycles. The molecule has 31 heavy (non-hydrogen) atoms. The van der Waals surface area contributed by atoms with E-state index in [0.29, 0.717) is 24.5 Å².